The first-order valence-corrected chi connectivity index (χ1v) is 7.84. The van der Waals surface area contributed by atoms with Crippen molar-refractivity contribution >= 4 is 12.0 Å². The van der Waals surface area contributed by atoms with E-state index < -0.39 is 11.5 Å². The molecule has 4 atom stereocenters. The lowest BCUT2D eigenvalue weighted by Crippen LogP contribution is -2.57. The summed E-state index contributed by atoms with van der Waals surface area (Å²) in [5, 5.41) is 15.0. The Hall–Kier alpha value is -1.26. The monoisotopic (exact) mass is 280 g/mol. The van der Waals surface area contributed by atoms with E-state index in [0.717, 1.165) is 11.8 Å². The fourth-order valence-corrected chi connectivity index (χ4v) is 4.71. The molecule has 5 nitrogen and oxygen atoms in total. The first kappa shape index (κ1) is 13.7. The lowest BCUT2D eigenvalue weighted by atomic mass is 9.93. The van der Waals surface area contributed by atoms with E-state index in [1.807, 2.05) is 0 Å². The van der Waals surface area contributed by atoms with Crippen molar-refractivity contribution in [2.24, 2.45) is 23.7 Å². The number of rotatable bonds is 5. The topological polar surface area (TPSA) is 78.4 Å². The van der Waals surface area contributed by atoms with Gasteiger partial charge in [0, 0.05) is 6.04 Å². The Morgan fingerprint density at radius 3 is 2.15 bits per heavy atom. The highest BCUT2D eigenvalue weighted by Gasteiger charge is 2.65. The van der Waals surface area contributed by atoms with Crippen molar-refractivity contribution in [2.45, 2.75) is 57.5 Å². The van der Waals surface area contributed by atoms with Crippen LogP contribution < -0.4 is 10.6 Å². The van der Waals surface area contributed by atoms with Gasteiger partial charge in [0.25, 0.3) is 0 Å². The molecule has 3 aliphatic rings. The lowest BCUT2D eigenvalue weighted by molar-refractivity contribution is -0.144. The highest BCUT2D eigenvalue weighted by Crippen LogP contribution is 2.65. The maximum atomic E-state index is 12.1. The molecule has 0 radical (unpaired) electrons. The molecule has 0 aromatic carbocycles. The molecule has 5 heteroatoms. The van der Waals surface area contributed by atoms with Crippen molar-refractivity contribution in [2.75, 3.05) is 0 Å². The first-order valence-electron chi connectivity index (χ1n) is 7.84. The molecule has 0 aromatic rings. The molecular formula is C15H24N2O3. The quantitative estimate of drug-likeness (QED) is 0.720. The molecule has 3 rings (SSSR count). The summed E-state index contributed by atoms with van der Waals surface area (Å²) in [7, 11) is 0. The smallest absolute Gasteiger partial charge is 0.329 e. The van der Waals surface area contributed by atoms with Gasteiger partial charge in [0.2, 0.25) is 0 Å². The normalized spacial score (nSPS) is 37.4. The minimum atomic E-state index is -1.13. The fraction of sp³-hybridized carbons (Fsp3) is 0.867. The number of carbonyl (C=O) groups is 2. The largest absolute Gasteiger partial charge is 0.480 e. The molecule has 20 heavy (non-hydrogen) atoms. The number of aliphatic carboxylic acids is 1. The molecule has 0 aliphatic heterocycles. The molecule has 0 heterocycles. The molecule has 3 saturated carbocycles. The molecule has 3 N–H and O–H groups in total. The average molecular weight is 280 g/mol. The molecule has 2 bridgehead atoms. The molecule has 3 aliphatic carbocycles. The van der Waals surface area contributed by atoms with E-state index in [2.05, 4.69) is 10.6 Å². The Morgan fingerprint density at radius 2 is 1.70 bits per heavy atom. The number of hydrogen-bond donors (Lipinski definition) is 3. The zero-order chi connectivity index (χ0) is 14.5. The van der Waals surface area contributed by atoms with Crippen molar-refractivity contribution in [3.8, 4) is 0 Å². The second-order valence-electron chi connectivity index (χ2n) is 6.71. The van der Waals surface area contributed by atoms with E-state index in [9.17, 15) is 14.7 Å². The van der Waals surface area contributed by atoms with Gasteiger partial charge in [-0.25, -0.2) is 9.59 Å². The zero-order valence-corrected chi connectivity index (χ0v) is 12.2. The van der Waals surface area contributed by atoms with Gasteiger partial charge < -0.3 is 15.7 Å². The van der Waals surface area contributed by atoms with Gasteiger partial charge in [-0.3, -0.25) is 0 Å². The van der Waals surface area contributed by atoms with Crippen LogP contribution >= 0.6 is 0 Å². The molecule has 4 unspecified atom stereocenters. The van der Waals surface area contributed by atoms with Crippen molar-refractivity contribution in [3.05, 3.63) is 0 Å². The highest BCUT2D eigenvalue weighted by molar-refractivity contribution is 5.86. The van der Waals surface area contributed by atoms with Gasteiger partial charge in [0.1, 0.15) is 5.54 Å². The zero-order valence-electron chi connectivity index (χ0n) is 12.2. The third kappa shape index (κ3) is 1.90. The molecule has 0 spiro atoms. The summed E-state index contributed by atoms with van der Waals surface area (Å²) < 4.78 is 0. The third-order valence-electron chi connectivity index (χ3n) is 6.00. The van der Waals surface area contributed by atoms with Crippen LogP contribution in [0.4, 0.5) is 4.79 Å². The van der Waals surface area contributed by atoms with Gasteiger partial charge in [0.15, 0.2) is 0 Å². The van der Waals surface area contributed by atoms with E-state index in [0.29, 0.717) is 30.7 Å². The van der Waals surface area contributed by atoms with E-state index >= 15 is 0 Å². The van der Waals surface area contributed by atoms with Gasteiger partial charge >= 0.3 is 12.0 Å². The second kappa shape index (κ2) is 4.64. The highest BCUT2D eigenvalue weighted by atomic mass is 16.4. The van der Waals surface area contributed by atoms with Gasteiger partial charge in [-0.05, 0) is 55.8 Å². The molecule has 2 amide bonds. The Morgan fingerprint density at radius 1 is 1.15 bits per heavy atom. The SMILES string of the molecule is CCC(CC)(NC(=O)NC1C2C3CCC(C3)C12)C(=O)O. The Balaban J connectivity index is 1.57. The summed E-state index contributed by atoms with van der Waals surface area (Å²) in [6, 6.07) is -0.0173. The number of carboxylic acid groups (broad SMARTS) is 1. The maximum absolute atomic E-state index is 12.1. The summed E-state index contributed by atoms with van der Waals surface area (Å²) in [6.07, 6.45) is 4.77. The average Bonchev–Trinajstić information content (AvgIpc) is 2.83. The Labute approximate surface area is 119 Å². The predicted molar refractivity (Wildman–Crippen MR) is 74.2 cm³/mol. The fourth-order valence-electron chi connectivity index (χ4n) is 4.71. The van der Waals surface area contributed by atoms with Crippen LogP contribution in [-0.2, 0) is 4.79 Å². The third-order valence-corrected chi connectivity index (χ3v) is 6.00. The van der Waals surface area contributed by atoms with E-state index in [1.54, 1.807) is 13.8 Å². The molecule has 112 valence electrons. The van der Waals surface area contributed by atoms with Crippen molar-refractivity contribution in [1.82, 2.24) is 10.6 Å². The van der Waals surface area contributed by atoms with Gasteiger partial charge in [-0.1, -0.05) is 13.8 Å². The molecule has 0 saturated heterocycles. The van der Waals surface area contributed by atoms with Crippen LogP contribution in [-0.4, -0.2) is 28.7 Å². The van der Waals surface area contributed by atoms with Gasteiger partial charge in [-0.15, -0.1) is 0 Å². The van der Waals surface area contributed by atoms with Gasteiger partial charge in [-0.2, -0.15) is 0 Å². The number of amides is 2. The second-order valence-corrected chi connectivity index (χ2v) is 6.71. The van der Waals surface area contributed by atoms with Crippen LogP contribution in [0, 0.1) is 23.7 Å². The van der Waals surface area contributed by atoms with Crippen LogP contribution in [0.1, 0.15) is 46.0 Å². The van der Waals surface area contributed by atoms with Crippen LogP contribution in [0.2, 0.25) is 0 Å². The van der Waals surface area contributed by atoms with Crippen LogP contribution in [0.5, 0.6) is 0 Å². The van der Waals surface area contributed by atoms with Crippen LogP contribution in [0.25, 0.3) is 0 Å². The number of carboxylic acids is 1. The molecule has 0 aromatic heterocycles. The number of hydrogen-bond acceptors (Lipinski definition) is 2. The van der Waals surface area contributed by atoms with Gasteiger partial charge in [0.05, 0.1) is 0 Å². The summed E-state index contributed by atoms with van der Waals surface area (Å²) in [5.41, 5.74) is -1.13. The Bertz CT molecular complexity index is 417. The minimum absolute atomic E-state index is 0.293. The minimum Gasteiger partial charge on any atom is -0.480 e. The lowest BCUT2D eigenvalue weighted by Gasteiger charge is -2.28. The Kier molecular flexibility index (Phi) is 3.18. The number of fused-ring (bicyclic) bond motifs is 5. The van der Waals surface area contributed by atoms with E-state index in [-0.39, 0.29) is 6.03 Å². The van der Waals surface area contributed by atoms with Crippen LogP contribution in [0.15, 0.2) is 0 Å². The summed E-state index contributed by atoms with van der Waals surface area (Å²) in [5.74, 6) is 1.99. The summed E-state index contributed by atoms with van der Waals surface area (Å²) >= 11 is 0. The van der Waals surface area contributed by atoms with Crippen molar-refractivity contribution in [3.63, 3.8) is 0 Å². The maximum Gasteiger partial charge on any atom is 0.329 e. The molecular weight excluding hydrogens is 256 g/mol. The predicted octanol–water partition coefficient (Wildman–Crippen LogP) is 1.97. The van der Waals surface area contributed by atoms with Crippen molar-refractivity contribution in [1.29, 1.82) is 0 Å². The standard InChI is InChI=1S/C15H24N2O3/c1-3-15(4-2,13(18)19)17-14(20)16-12-10-8-5-6-9(7-8)11(10)12/h8-12H,3-7H2,1-2H3,(H,18,19)(H2,16,17,20). The summed E-state index contributed by atoms with van der Waals surface area (Å²) in [4.78, 5) is 23.5. The number of nitrogens with one attached hydrogen (secondary N) is 2. The van der Waals surface area contributed by atoms with Crippen molar-refractivity contribution < 1.29 is 14.7 Å². The molecule has 3 fully saturated rings. The van der Waals surface area contributed by atoms with Crippen LogP contribution in [0.3, 0.4) is 0 Å². The first-order chi connectivity index (χ1) is 9.52. The van der Waals surface area contributed by atoms with E-state index in [1.165, 1.54) is 19.3 Å². The van der Waals surface area contributed by atoms with E-state index in [4.69, 9.17) is 0 Å². The number of urea groups is 1. The summed E-state index contributed by atoms with van der Waals surface area (Å²) in [6.45, 7) is 3.59. The number of carbonyl (C=O) groups excluding carboxylic acids is 1.